The Morgan fingerprint density at radius 2 is 1.94 bits per heavy atom. The summed E-state index contributed by atoms with van der Waals surface area (Å²) in [6.45, 7) is 2.08. The van der Waals surface area contributed by atoms with E-state index in [1.165, 1.54) is 10.4 Å². The summed E-state index contributed by atoms with van der Waals surface area (Å²) >= 11 is 21.0. The van der Waals surface area contributed by atoms with E-state index in [9.17, 15) is 0 Å². The summed E-state index contributed by atoms with van der Waals surface area (Å²) < 4.78 is 1.15. The quantitative estimate of drug-likeness (QED) is 0.485. The highest BCUT2D eigenvalue weighted by molar-refractivity contribution is 9.11. The number of halogens is 4. The third-order valence-corrected chi connectivity index (χ3v) is 6.42. The van der Waals surface area contributed by atoms with Crippen LogP contribution < -0.4 is 0 Å². The summed E-state index contributed by atoms with van der Waals surface area (Å²) in [5.41, 5.74) is 2.27. The molecule has 1 unspecified atom stereocenters. The van der Waals surface area contributed by atoms with Crippen LogP contribution >= 0.6 is 66.4 Å². The van der Waals surface area contributed by atoms with Crippen molar-refractivity contribution in [2.24, 2.45) is 0 Å². The van der Waals surface area contributed by atoms with Gasteiger partial charge < -0.3 is 0 Å². The lowest BCUT2D eigenvalue weighted by atomic mass is 10.1. The average Bonchev–Trinajstić information content (AvgIpc) is 2.58. The molecule has 1 aromatic carbocycles. The van der Waals surface area contributed by atoms with Gasteiger partial charge >= 0.3 is 0 Å². The summed E-state index contributed by atoms with van der Waals surface area (Å²) in [4.78, 5) is 1.32. The monoisotopic (exact) mass is 412 g/mol. The molecule has 0 aliphatic rings. The summed E-state index contributed by atoms with van der Waals surface area (Å²) in [5.74, 6) is 0. The molecular formula is C12H8Br2Cl2S. The van der Waals surface area contributed by atoms with E-state index in [1.807, 2.05) is 12.1 Å². The van der Waals surface area contributed by atoms with Gasteiger partial charge in [0, 0.05) is 14.9 Å². The van der Waals surface area contributed by atoms with Crippen LogP contribution in [0.3, 0.4) is 0 Å². The van der Waals surface area contributed by atoms with Gasteiger partial charge in [0.2, 0.25) is 0 Å². The van der Waals surface area contributed by atoms with Crippen molar-refractivity contribution < 1.29 is 0 Å². The van der Waals surface area contributed by atoms with E-state index in [-0.39, 0.29) is 4.83 Å². The third-order valence-electron chi connectivity index (χ3n) is 2.36. The zero-order chi connectivity index (χ0) is 12.6. The van der Waals surface area contributed by atoms with Crippen LogP contribution in [0.25, 0.3) is 0 Å². The predicted octanol–water partition coefficient (Wildman–Crippen LogP) is 6.61. The maximum Gasteiger partial charge on any atom is 0.0752 e. The largest absolute Gasteiger partial charge is 0.131 e. The number of hydrogen-bond acceptors (Lipinski definition) is 1. The lowest BCUT2D eigenvalue weighted by Gasteiger charge is -2.10. The fourth-order valence-corrected chi connectivity index (χ4v) is 4.50. The van der Waals surface area contributed by atoms with Gasteiger partial charge in [0.05, 0.1) is 8.61 Å². The van der Waals surface area contributed by atoms with E-state index in [4.69, 9.17) is 23.2 Å². The van der Waals surface area contributed by atoms with Crippen LogP contribution in [-0.2, 0) is 0 Å². The zero-order valence-electron chi connectivity index (χ0n) is 8.81. The van der Waals surface area contributed by atoms with E-state index in [1.54, 1.807) is 17.4 Å². The second-order valence-electron chi connectivity index (χ2n) is 3.63. The second-order valence-corrected chi connectivity index (χ2v) is 7.79. The minimum Gasteiger partial charge on any atom is -0.131 e. The van der Waals surface area contributed by atoms with Crippen LogP contribution in [0.5, 0.6) is 0 Å². The minimum absolute atomic E-state index is 0.0993. The van der Waals surface area contributed by atoms with Crippen LogP contribution in [0, 0.1) is 6.92 Å². The maximum atomic E-state index is 6.20. The smallest absolute Gasteiger partial charge is 0.0752 e. The first-order chi connectivity index (χ1) is 7.99. The van der Waals surface area contributed by atoms with Crippen molar-refractivity contribution >= 4 is 66.4 Å². The molecule has 0 N–H and O–H groups in total. The molecule has 2 aromatic rings. The van der Waals surface area contributed by atoms with Crippen LogP contribution in [0.2, 0.25) is 10.0 Å². The first-order valence-electron chi connectivity index (χ1n) is 4.84. The van der Waals surface area contributed by atoms with Gasteiger partial charge in [0.15, 0.2) is 0 Å². The Labute approximate surface area is 131 Å². The molecule has 0 fully saturated rings. The van der Waals surface area contributed by atoms with E-state index >= 15 is 0 Å². The van der Waals surface area contributed by atoms with Crippen LogP contribution in [0.4, 0.5) is 0 Å². The Kier molecular flexibility index (Phi) is 4.59. The summed E-state index contributed by atoms with van der Waals surface area (Å²) in [7, 11) is 0. The van der Waals surface area contributed by atoms with E-state index in [0.717, 1.165) is 9.35 Å². The SMILES string of the molecule is Cc1cc(C(Br)c2ccc(Cl)cc2Cl)sc1Br. The Morgan fingerprint density at radius 1 is 1.24 bits per heavy atom. The second kappa shape index (κ2) is 5.62. The van der Waals surface area contributed by atoms with Crippen molar-refractivity contribution in [1.82, 2.24) is 0 Å². The van der Waals surface area contributed by atoms with Crippen molar-refractivity contribution in [3.05, 3.63) is 54.1 Å². The average molecular weight is 415 g/mol. The highest BCUT2D eigenvalue weighted by atomic mass is 79.9. The first-order valence-corrected chi connectivity index (χ1v) is 8.12. The molecule has 2 rings (SSSR count). The van der Waals surface area contributed by atoms with Gasteiger partial charge in [0.1, 0.15) is 0 Å². The van der Waals surface area contributed by atoms with Crippen LogP contribution in [-0.4, -0.2) is 0 Å². The maximum absolute atomic E-state index is 6.20. The lowest BCUT2D eigenvalue weighted by molar-refractivity contribution is 1.22. The molecule has 1 atom stereocenters. The molecule has 0 saturated carbocycles. The Bertz CT molecular complexity index is 532. The summed E-state index contributed by atoms with van der Waals surface area (Å²) in [6.07, 6.45) is 0. The molecule has 1 aromatic heterocycles. The highest BCUT2D eigenvalue weighted by Crippen LogP contribution is 2.41. The molecule has 17 heavy (non-hydrogen) atoms. The molecule has 0 spiro atoms. The number of hydrogen-bond donors (Lipinski definition) is 0. The van der Waals surface area contributed by atoms with Crippen molar-refractivity contribution in [1.29, 1.82) is 0 Å². The van der Waals surface area contributed by atoms with Crippen molar-refractivity contribution in [2.75, 3.05) is 0 Å². The predicted molar refractivity (Wildman–Crippen MR) is 84.0 cm³/mol. The molecule has 0 amide bonds. The molecule has 1 heterocycles. The van der Waals surface area contributed by atoms with E-state index in [0.29, 0.717) is 10.0 Å². The molecule has 0 bridgehead atoms. The van der Waals surface area contributed by atoms with Crippen molar-refractivity contribution in [3.63, 3.8) is 0 Å². The lowest BCUT2D eigenvalue weighted by Crippen LogP contribution is -1.90. The summed E-state index contributed by atoms with van der Waals surface area (Å²) in [6, 6.07) is 7.72. The van der Waals surface area contributed by atoms with Gasteiger partial charge in [0.25, 0.3) is 0 Å². The highest BCUT2D eigenvalue weighted by Gasteiger charge is 2.17. The normalized spacial score (nSPS) is 12.8. The van der Waals surface area contributed by atoms with Crippen LogP contribution in [0.1, 0.15) is 20.8 Å². The Balaban J connectivity index is 2.39. The van der Waals surface area contributed by atoms with Gasteiger partial charge in [-0.15, -0.1) is 11.3 Å². The van der Waals surface area contributed by atoms with Gasteiger partial charge in [-0.3, -0.25) is 0 Å². The first kappa shape index (κ1) is 13.9. The van der Waals surface area contributed by atoms with E-state index < -0.39 is 0 Å². The van der Waals surface area contributed by atoms with Gasteiger partial charge in [-0.25, -0.2) is 0 Å². The molecule has 0 aliphatic carbocycles. The topological polar surface area (TPSA) is 0 Å². The van der Waals surface area contributed by atoms with Crippen molar-refractivity contribution in [3.8, 4) is 0 Å². The standard InChI is InChI=1S/C12H8Br2Cl2S/c1-6-4-10(17-12(6)14)11(13)8-3-2-7(15)5-9(8)16/h2-5,11H,1H3. The number of benzene rings is 1. The fraction of sp³-hybridized carbons (Fsp3) is 0.167. The van der Waals surface area contributed by atoms with Crippen LogP contribution in [0.15, 0.2) is 28.1 Å². The van der Waals surface area contributed by atoms with Gasteiger partial charge in [-0.1, -0.05) is 45.2 Å². The number of alkyl halides is 1. The molecule has 0 saturated heterocycles. The summed E-state index contributed by atoms with van der Waals surface area (Å²) in [5, 5.41) is 1.34. The van der Waals surface area contributed by atoms with Gasteiger partial charge in [-0.2, -0.15) is 0 Å². The fourth-order valence-electron chi connectivity index (χ4n) is 1.47. The van der Waals surface area contributed by atoms with Crippen molar-refractivity contribution in [2.45, 2.75) is 11.8 Å². The Hall–Kier alpha value is 0.460. The minimum atomic E-state index is 0.0993. The number of thiophene rings is 1. The zero-order valence-corrected chi connectivity index (χ0v) is 14.3. The molecule has 5 heteroatoms. The Morgan fingerprint density at radius 3 is 2.47 bits per heavy atom. The molecular weight excluding hydrogens is 407 g/mol. The molecule has 0 radical (unpaired) electrons. The molecule has 0 nitrogen and oxygen atoms in total. The number of aryl methyl sites for hydroxylation is 1. The molecule has 90 valence electrons. The van der Waals surface area contributed by atoms with Gasteiger partial charge in [-0.05, 0) is 52.2 Å². The third kappa shape index (κ3) is 3.07. The number of rotatable bonds is 2. The molecule has 0 aliphatic heterocycles. The van der Waals surface area contributed by atoms with E-state index in [2.05, 4.69) is 44.8 Å².